The van der Waals surface area contributed by atoms with Gasteiger partial charge in [0.25, 0.3) is 0 Å². The molecule has 2 unspecified atom stereocenters. The number of nitrogen functional groups attached to an aromatic ring is 1. The molecule has 2 rings (SSSR count). The van der Waals surface area contributed by atoms with Gasteiger partial charge >= 0.3 is 0 Å². The zero-order valence-electron chi connectivity index (χ0n) is 11.4. The predicted octanol–water partition coefficient (Wildman–Crippen LogP) is 0.492. The number of nitrogens with two attached hydrogens (primary N) is 2. The van der Waals surface area contributed by atoms with Gasteiger partial charge in [0.2, 0.25) is 0 Å². The molecule has 106 valence electrons. The van der Waals surface area contributed by atoms with Crippen molar-refractivity contribution in [1.82, 2.24) is 0 Å². The second-order valence-electron chi connectivity index (χ2n) is 5.03. The van der Waals surface area contributed by atoms with Crippen molar-refractivity contribution in [2.75, 3.05) is 36.9 Å². The number of benzene rings is 1. The lowest BCUT2D eigenvalue weighted by atomic mass is 10.1. The van der Waals surface area contributed by atoms with E-state index in [1.165, 1.54) is 0 Å². The molecule has 1 saturated heterocycles. The smallest absolute Gasteiger partial charge is 0.0771 e. The van der Waals surface area contributed by atoms with E-state index < -0.39 is 0 Å². The number of hydrogen-bond acceptors (Lipinski definition) is 5. The van der Waals surface area contributed by atoms with Crippen LogP contribution >= 0.6 is 0 Å². The average Bonchev–Trinajstić information content (AvgIpc) is 2.83. The normalized spacial score (nSPS) is 23.0. The van der Waals surface area contributed by atoms with Crippen LogP contribution in [0.2, 0.25) is 0 Å². The van der Waals surface area contributed by atoms with E-state index in [-0.39, 0.29) is 18.8 Å². The van der Waals surface area contributed by atoms with Gasteiger partial charge in [0.15, 0.2) is 0 Å². The molecule has 5 nitrogen and oxygen atoms in total. The summed E-state index contributed by atoms with van der Waals surface area (Å²) < 4.78 is 5.62. The first-order valence-electron chi connectivity index (χ1n) is 6.71. The molecule has 1 aliphatic rings. The van der Waals surface area contributed by atoms with E-state index in [4.69, 9.17) is 21.3 Å². The van der Waals surface area contributed by atoms with Crippen LogP contribution in [0.3, 0.4) is 0 Å². The van der Waals surface area contributed by atoms with Crippen LogP contribution in [0, 0.1) is 6.92 Å². The van der Waals surface area contributed by atoms with Crippen LogP contribution in [-0.4, -0.2) is 43.6 Å². The molecule has 5 N–H and O–H groups in total. The largest absolute Gasteiger partial charge is 0.399 e. The molecule has 0 spiro atoms. The van der Waals surface area contributed by atoms with Crippen LogP contribution in [0.1, 0.15) is 12.0 Å². The van der Waals surface area contributed by atoms with E-state index in [0.29, 0.717) is 13.2 Å². The van der Waals surface area contributed by atoms with E-state index in [9.17, 15) is 0 Å². The molecule has 0 radical (unpaired) electrons. The molecule has 1 aromatic carbocycles. The number of aliphatic hydroxyl groups is 1. The lowest BCUT2D eigenvalue weighted by molar-refractivity contribution is 0.0396. The quantitative estimate of drug-likeness (QED) is 0.675. The van der Waals surface area contributed by atoms with Crippen molar-refractivity contribution in [3.8, 4) is 0 Å². The molecule has 1 aliphatic heterocycles. The third-order valence-electron chi connectivity index (χ3n) is 3.68. The Bertz CT molecular complexity index is 425. The molecule has 0 amide bonds. The molecule has 19 heavy (non-hydrogen) atoms. The van der Waals surface area contributed by atoms with Crippen LogP contribution in [0.15, 0.2) is 18.2 Å². The van der Waals surface area contributed by atoms with Gasteiger partial charge in [-0.05, 0) is 37.1 Å². The lowest BCUT2D eigenvalue weighted by Crippen LogP contribution is -2.35. The third kappa shape index (κ3) is 3.18. The summed E-state index contributed by atoms with van der Waals surface area (Å²) in [4.78, 5) is 2.27. The van der Waals surface area contributed by atoms with Crippen molar-refractivity contribution < 1.29 is 9.84 Å². The van der Waals surface area contributed by atoms with Gasteiger partial charge in [-0.2, -0.15) is 0 Å². The Kier molecular flexibility index (Phi) is 4.63. The van der Waals surface area contributed by atoms with Crippen molar-refractivity contribution in [3.63, 3.8) is 0 Å². The van der Waals surface area contributed by atoms with Gasteiger partial charge in [-0.3, -0.25) is 0 Å². The van der Waals surface area contributed by atoms with Gasteiger partial charge in [-0.25, -0.2) is 0 Å². The SMILES string of the molecule is Cc1cc(N2CC(OCCO)CC2CN)ccc1N. The Balaban J connectivity index is 2.11. The number of anilines is 2. The maximum atomic E-state index is 8.82. The number of rotatable bonds is 5. The Labute approximate surface area is 114 Å². The van der Waals surface area contributed by atoms with Crippen molar-refractivity contribution >= 4 is 11.4 Å². The predicted molar refractivity (Wildman–Crippen MR) is 77.2 cm³/mol. The molecule has 0 aliphatic carbocycles. The maximum Gasteiger partial charge on any atom is 0.0771 e. The van der Waals surface area contributed by atoms with Crippen LogP contribution < -0.4 is 16.4 Å². The minimum absolute atomic E-state index is 0.0603. The first-order valence-corrected chi connectivity index (χ1v) is 6.71. The Morgan fingerprint density at radius 2 is 2.26 bits per heavy atom. The molecule has 0 aromatic heterocycles. The number of aryl methyl sites for hydroxylation is 1. The monoisotopic (exact) mass is 265 g/mol. The fourth-order valence-corrected chi connectivity index (χ4v) is 2.59. The van der Waals surface area contributed by atoms with Crippen molar-refractivity contribution in [2.24, 2.45) is 5.73 Å². The summed E-state index contributed by atoms with van der Waals surface area (Å²) >= 11 is 0. The number of nitrogens with zero attached hydrogens (tertiary/aromatic N) is 1. The highest BCUT2D eigenvalue weighted by molar-refractivity contribution is 5.59. The third-order valence-corrected chi connectivity index (χ3v) is 3.68. The van der Waals surface area contributed by atoms with Crippen molar-refractivity contribution in [3.05, 3.63) is 23.8 Å². The fraction of sp³-hybridized carbons (Fsp3) is 0.571. The molecule has 1 aromatic rings. The van der Waals surface area contributed by atoms with Crippen LogP contribution in [0.4, 0.5) is 11.4 Å². The summed E-state index contributed by atoms with van der Waals surface area (Å²) in [7, 11) is 0. The zero-order valence-corrected chi connectivity index (χ0v) is 11.4. The van der Waals surface area contributed by atoms with Crippen LogP contribution in [-0.2, 0) is 4.74 Å². The highest BCUT2D eigenvalue weighted by Crippen LogP contribution is 2.28. The standard InChI is InChI=1S/C14H23N3O2/c1-10-6-11(2-3-14(10)16)17-9-13(19-5-4-18)7-12(17)8-15/h2-3,6,12-13,18H,4-5,7-9,15-16H2,1H3. The highest BCUT2D eigenvalue weighted by atomic mass is 16.5. The molecule has 0 bridgehead atoms. The molecule has 1 fully saturated rings. The van der Waals surface area contributed by atoms with Crippen molar-refractivity contribution in [1.29, 1.82) is 0 Å². The van der Waals surface area contributed by atoms with Gasteiger partial charge in [0, 0.05) is 30.5 Å². The highest BCUT2D eigenvalue weighted by Gasteiger charge is 2.31. The lowest BCUT2D eigenvalue weighted by Gasteiger charge is -2.26. The molecular weight excluding hydrogens is 242 g/mol. The first kappa shape index (κ1) is 14.1. The van der Waals surface area contributed by atoms with Crippen LogP contribution in [0.25, 0.3) is 0 Å². The number of ether oxygens (including phenoxy) is 1. The second-order valence-corrected chi connectivity index (χ2v) is 5.03. The number of hydrogen-bond donors (Lipinski definition) is 3. The molecule has 5 heteroatoms. The number of aliphatic hydroxyl groups excluding tert-OH is 1. The topological polar surface area (TPSA) is 84.7 Å². The van der Waals surface area contributed by atoms with E-state index >= 15 is 0 Å². The summed E-state index contributed by atoms with van der Waals surface area (Å²) in [6, 6.07) is 6.33. The van der Waals surface area contributed by atoms with E-state index in [1.807, 2.05) is 19.1 Å². The van der Waals surface area contributed by atoms with E-state index in [2.05, 4.69) is 11.0 Å². The van der Waals surface area contributed by atoms with Gasteiger partial charge < -0.3 is 26.2 Å². The fourth-order valence-electron chi connectivity index (χ4n) is 2.59. The zero-order chi connectivity index (χ0) is 13.8. The van der Waals surface area contributed by atoms with E-state index in [0.717, 1.165) is 29.9 Å². The summed E-state index contributed by atoms with van der Waals surface area (Å²) in [5.74, 6) is 0. The molecule has 1 heterocycles. The summed E-state index contributed by atoms with van der Waals surface area (Å²) in [5.41, 5.74) is 14.7. The molecule has 0 saturated carbocycles. The summed E-state index contributed by atoms with van der Waals surface area (Å²) in [6.45, 7) is 3.86. The summed E-state index contributed by atoms with van der Waals surface area (Å²) in [5, 5.41) is 8.82. The summed E-state index contributed by atoms with van der Waals surface area (Å²) in [6.07, 6.45) is 1.04. The molecule has 2 atom stereocenters. The maximum absolute atomic E-state index is 8.82. The Hall–Kier alpha value is -1.30. The van der Waals surface area contributed by atoms with Gasteiger partial charge in [-0.15, -0.1) is 0 Å². The van der Waals surface area contributed by atoms with Crippen LogP contribution in [0.5, 0.6) is 0 Å². The minimum Gasteiger partial charge on any atom is -0.399 e. The second kappa shape index (κ2) is 6.23. The van der Waals surface area contributed by atoms with Gasteiger partial charge in [-0.1, -0.05) is 0 Å². The first-order chi connectivity index (χ1) is 9.15. The average molecular weight is 265 g/mol. The van der Waals surface area contributed by atoms with Gasteiger partial charge in [0.1, 0.15) is 0 Å². The molecular formula is C14H23N3O2. The Morgan fingerprint density at radius 3 is 2.89 bits per heavy atom. The van der Waals surface area contributed by atoms with Crippen molar-refractivity contribution in [2.45, 2.75) is 25.5 Å². The van der Waals surface area contributed by atoms with Gasteiger partial charge in [0.05, 0.1) is 19.3 Å². The van der Waals surface area contributed by atoms with E-state index in [1.54, 1.807) is 0 Å². The Morgan fingerprint density at radius 1 is 1.47 bits per heavy atom. The minimum atomic E-state index is 0.0603.